The van der Waals surface area contributed by atoms with Crippen molar-refractivity contribution in [2.75, 3.05) is 25.0 Å². The second-order valence-corrected chi connectivity index (χ2v) is 9.87. The van der Waals surface area contributed by atoms with Gasteiger partial charge in [0, 0.05) is 29.4 Å². The van der Waals surface area contributed by atoms with Gasteiger partial charge in [0.25, 0.3) is 5.91 Å². The van der Waals surface area contributed by atoms with E-state index in [1.807, 2.05) is 36.4 Å². The van der Waals surface area contributed by atoms with Gasteiger partial charge in [0.05, 0.1) is 23.2 Å². The average molecular weight is 531 g/mol. The summed E-state index contributed by atoms with van der Waals surface area (Å²) >= 11 is 6.31. The number of hydrogen-bond acceptors (Lipinski definition) is 8. The highest BCUT2D eigenvalue weighted by molar-refractivity contribution is 6.32. The van der Waals surface area contributed by atoms with Crippen molar-refractivity contribution < 1.29 is 9.53 Å². The first-order valence-corrected chi connectivity index (χ1v) is 13.0. The molecule has 0 saturated carbocycles. The smallest absolute Gasteiger partial charge is 0.251 e. The van der Waals surface area contributed by atoms with E-state index in [1.54, 1.807) is 18.3 Å². The fourth-order valence-corrected chi connectivity index (χ4v) is 5.32. The van der Waals surface area contributed by atoms with Crippen LogP contribution >= 0.6 is 11.6 Å². The van der Waals surface area contributed by atoms with E-state index in [0.29, 0.717) is 40.9 Å². The Bertz CT molecular complexity index is 1440. The molecule has 2 aliphatic rings. The van der Waals surface area contributed by atoms with Crippen molar-refractivity contribution in [1.82, 2.24) is 35.8 Å². The average Bonchev–Trinajstić information content (AvgIpc) is 3.46. The van der Waals surface area contributed by atoms with Crippen LogP contribution in [0.5, 0.6) is 5.75 Å². The number of fused-ring (bicyclic) bond motifs is 1. The van der Waals surface area contributed by atoms with Crippen LogP contribution in [-0.4, -0.2) is 50.8 Å². The molecule has 4 N–H and O–H groups in total. The topological polar surface area (TPSA) is 130 Å². The van der Waals surface area contributed by atoms with E-state index in [2.05, 4.69) is 36.1 Å². The van der Waals surface area contributed by atoms with Crippen molar-refractivity contribution >= 4 is 23.2 Å². The number of piperidine rings is 1. The maximum atomic E-state index is 13.3. The molecule has 194 valence electrons. The number of nitrogens with zero attached hydrogens (tertiary/aromatic N) is 4. The first-order valence-electron chi connectivity index (χ1n) is 12.6. The Morgan fingerprint density at radius 3 is 2.84 bits per heavy atom. The van der Waals surface area contributed by atoms with E-state index < -0.39 is 5.54 Å². The van der Waals surface area contributed by atoms with Crippen LogP contribution in [0.2, 0.25) is 5.02 Å². The largest absolute Gasteiger partial charge is 0.492 e. The lowest BCUT2D eigenvalue weighted by Gasteiger charge is -2.37. The molecule has 2 aliphatic heterocycles. The maximum absolute atomic E-state index is 13.3. The summed E-state index contributed by atoms with van der Waals surface area (Å²) in [5.74, 6) is 1.74. The number of carbonyl (C=O) groups is 1. The number of aromatic amines is 1. The summed E-state index contributed by atoms with van der Waals surface area (Å²) in [6, 6.07) is 14.7. The van der Waals surface area contributed by atoms with Crippen LogP contribution < -0.4 is 20.7 Å². The van der Waals surface area contributed by atoms with Gasteiger partial charge in [-0.3, -0.25) is 9.89 Å². The molecule has 4 heterocycles. The third-order valence-electron chi connectivity index (χ3n) is 7.05. The van der Waals surface area contributed by atoms with Gasteiger partial charge in [0.15, 0.2) is 11.6 Å². The van der Waals surface area contributed by atoms with Crippen LogP contribution in [0.1, 0.15) is 47.1 Å². The van der Waals surface area contributed by atoms with Crippen LogP contribution in [0.3, 0.4) is 0 Å². The van der Waals surface area contributed by atoms with E-state index in [9.17, 15) is 4.79 Å². The first-order chi connectivity index (χ1) is 18.6. The molecule has 1 fully saturated rings. The van der Waals surface area contributed by atoms with Gasteiger partial charge in [0.1, 0.15) is 17.8 Å². The van der Waals surface area contributed by atoms with Crippen molar-refractivity contribution in [2.45, 2.75) is 30.8 Å². The lowest BCUT2D eigenvalue weighted by atomic mass is 9.87. The monoisotopic (exact) mass is 530 g/mol. The Balaban J connectivity index is 1.23. The summed E-state index contributed by atoms with van der Waals surface area (Å²) in [7, 11) is 0. The Hall–Kier alpha value is -4.02. The molecule has 2 aromatic heterocycles. The fraction of sp³-hybridized carbons (Fsp3) is 0.296. The van der Waals surface area contributed by atoms with Gasteiger partial charge in [-0.25, -0.2) is 15.0 Å². The normalized spacial score (nSPS) is 18.2. The first kappa shape index (κ1) is 24.3. The van der Waals surface area contributed by atoms with Gasteiger partial charge < -0.3 is 20.7 Å². The van der Waals surface area contributed by atoms with Crippen molar-refractivity contribution in [2.24, 2.45) is 0 Å². The molecule has 1 saturated heterocycles. The molecule has 0 spiro atoms. The zero-order valence-corrected chi connectivity index (χ0v) is 21.3. The van der Waals surface area contributed by atoms with Crippen molar-refractivity contribution in [3.05, 3.63) is 83.0 Å². The molecular weight excluding hydrogens is 504 g/mol. The standard InChI is InChI=1S/C27H27ClN8O2/c28-20-6-2-5-19-21(8-14-38-23(19)20)32-25(37)17-3-1-4-18(15-17)34-27(9-12-29-13-10-27)26-33-24(35-36-26)22-7-11-30-16-31-22/h1-7,11,15-16,21,29,34H,8-10,12-14H2,(H,32,37)(H,33,35,36)/t21-/m0/s1. The van der Waals surface area contributed by atoms with Crippen LogP contribution in [0.25, 0.3) is 11.5 Å². The Morgan fingerprint density at radius 2 is 2.00 bits per heavy atom. The van der Waals surface area contributed by atoms with Crippen LogP contribution in [0, 0.1) is 0 Å². The molecule has 11 heteroatoms. The minimum absolute atomic E-state index is 0.156. The Labute approximate surface area is 224 Å². The zero-order valence-electron chi connectivity index (χ0n) is 20.6. The number of rotatable bonds is 6. The molecule has 38 heavy (non-hydrogen) atoms. The molecule has 0 radical (unpaired) electrons. The number of hydrogen-bond donors (Lipinski definition) is 4. The van der Waals surface area contributed by atoms with Crippen molar-refractivity contribution in [3.63, 3.8) is 0 Å². The number of amides is 1. The van der Waals surface area contributed by atoms with Gasteiger partial charge in [0.2, 0.25) is 0 Å². The maximum Gasteiger partial charge on any atom is 0.251 e. The molecule has 1 amide bonds. The molecule has 0 aliphatic carbocycles. The summed E-state index contributed by atoms with van der Waals surface area (Å²) in [5, 5.41) is 18.3. The second kappa shape index (κ2) is 10.4. The quantitative estimate of drug-likeness (QED) is 0.296. The number of para-hydroxylation sites is 1. The number of ether oxygens (including phenoxy) is 1. The molecule has 4 aromatic rings. The van der Waals surface area contributed by atoms with Gasteiger partial charge in [-0.1, -0.05) is 29.8 Å². The summed E-state index contributed by atoms with van der Waals surface area (Å²) < 4.78 is 5.74. The van der Waals surface area contributed by atoms with Gasteiger partial charge >= 0.3 is 0 Å². The highest BCUT2D eigenvalue weighted by Crippen LogP contribution is 2.38. The zero-order chi connectivity index (χ0) is 26.0. The fourth-order valence-electron chi connectivity index (χ4n) is 5.08. The van der Waals surface area contributed by atoms with E-state index in [1.165, 1.54) is 6.33 Å². The van der Waals surface area contributed by atoms with Gasteiger partial charge in [-0.2, -0.15) is 5.10 Å². The summed E-state index contributed by atoms with van der Waals surface area (Å²) in [4.78, 5) is 26.3. The predicted molar refractivity (Wildman–Crippen MR) is 143 cm³/mol. The highest BCUT2D eigenvalue weighted by atomic mass is 35.5. The molecule has 0 bridgehead atoms. The molecule has 10 nitrogen and oxygen atoms in total. The molecular formula is C27H27ClN8O2. The summed E-state index contributed by atoms with van der Waals surface area (Å²) in [6.07, 6.45) is 5.41. The Morgan fingerprint density at radius 1 is 1.13 bits per heavy atom. The van der Waals surface area contributed by atoms with Crippen LogP contribution in [0.4, 0.5) is 5.69 Å². The van der Waals surface area contributed by atoms with Gasteiger partial charge in [-0.05, 0) is 56.3 Å². The lowest BCUT2D eigenvalue weighted by molar-refractivity contribution is 0.0925. The number of H-pyrrole nitrogens is 1. The predicted octanol–water partition coefficient (Wildman–Crippen LogP) is 3.86. The highest BCUT2D eigenvalue weighted by Gasteiger charge is 2.37. The van der Waals surface area contributed by atoms with E-state index >= 15 is 0 Å². The number of benzene rings is 2. The SMILES string of the molecule is O=C(N[C@H]1CCOc2c(Cl)cccc21)c1cccc(NC2(c3nc(-c4ccncn4)n[nH]3)CCNCC2)c1. The lowest BCUT2D eigenvalue weighted by Crippen LogP contribution is -2.46. The number of nitrogens with one attached hydrogen (secondary N) is 4. The second-order valence-electron chi connectivity index (χ2n) is 9.46. The van der Waals surface area contributed by atoms with Crippen molar-refractivity contribution in [3.8, 4) is 17.3 Å². The summed E-state index contributed by atoms with van der Waals surface area (Å²) in [5.41, 5.74) is 2.46. The minimum Gasteiger partial charge on any atom is -0.492 e. The minimum atomic E-state index is -0.477. The number of halogens is 1. The Kier molecular flexibility index (Phi) is 6.65. The third-order valence-corrected chi connectivity index (χ3v) is 7.34. The molecule has 2 aromatic carbocycles. The molecule has 1 atom stereocenters. The number of anilines is 1. The summed E-state index contributed by atoms with van der Waals surface area (Å²) in [6.45, 7) is 2.14. The van der Waals surface area contributed by atoms with E-state index in [-0.39, 0.29) is 11.9 Å². The van der Waals surface area contributed by atoms with Crippen LogP contribution in [-0.2, 0) is 5.54 Å². The number of carbonyl (C=O) groups excluding carboxylic acids is 1. The molecule has 6 rings (SSSR count). The van der Waals surface area contributed by atoms with Crippen molar-refractivity contribution in [1.29, 1.82) is 0 Å². The van der Waals surface area contributed by atoms with E-state index in [0.717, 1.165) is 43.0 Å². The van der Waals surface area contributed by atoms with E-state index in [4.69, 9.17) is 21.3 Å². The number of aromatic nitrogens is 5. The molecule has 0 unspecified atom stereocenters. The van der Waals surface area contributed by atoms with Gasteiger partial charge in [-0.15, -0.1) is 0 Å². The third kappa shape index (κ3) is 4.80. The van der Waals surface area contributed by atoms with Crippen LogP contribution in [0.15, 0.2) is 61.1 Å².